The van der Waals surface area contributed by atoms with Crippen molar-refractivity contribution >= 4 is 22.4 Å². The summed E-state index contributed by atoms with van der Waals surface area (Å²) in [6.45, 7) is 16.5. The van der Waals surface area contributed by atoms with E-state index in [2.05, 4.69) is 58.8 Å². The van der Waals surface area contributed by atoms with Crippen LogP contribution in [0, 0.1) is 12.3 Å². The molecule has 0 aliphatic carbocycles. The zero-order valence-electron chi connectivity index (χ0n) is 19.2. The Balaban J connectivity index is 1.85. The van der Waals surface area contributed by atoms with Crippen molar-refractivity contribution in [1.82, 2.24) is 20.1 Å². The highest BCUT2D eigenvalue weighted by atomic mass is 16.1. The summed E-state index contributed by atoms with van der Waals surface area (Å²) in [6.07, 6.45) is 2.73. The molecule has 0 aliphatic heterocycles. The highest BCUT2D eigenvalue weighted by Gasteiger charge is 2.29. The molecule has 6 heteroatoms. The van der Waals surface area contributed by atoms with Gasteiger partial charge in [-0.3, -0.25) is 19.8 Å². The van der Waals surface area contributed by atoms with Crippen molar-refractivity contribution in [2.75, 3.05) is 25.0 Å². The Kier molecular flexibility index (Phi) is 6.91. The molecular formula is C25H33N5O. The van der Waals surface area contributed by atoms with Gasteiger partial charge in [0.25, 0.3) is 0 Å². The molecule has 3 rings (SSSR count). The summed E-state index contributed by atoms with van der Waals surface area (Å²) in [5.74, 6) is 0.183. The summed E-state index contributed by atoms with van der Waals surface area (Å²) >= 11 is 0. The number of pyridine rings is 1. The van der Waals surface area contributed by atoms with Crippen molar-refractivity contribution in [2.45, 2.75) is 41.0 Å². The van der Waals surface area contributed by atoms with Gasteiger partial charge in [-0.15, -0.1) is 0 Å². The van der Waals surface area contributed by atoms with Crippen LogP contribution in [0.1, 0.15) is 39.8 Å². The van der Waals surface area contributed by atoms with Crippen LogP contribution in [-0.2, 0) is 4.79 Å². The normalized spacial score (nSPS) is 13.4. The molecular weight excluding hydrogens is 386 g/mol. The second-order valence-corrected chi connectivity index (χ2v) is 8.54. The minimum Gasteiger partial charge on any atom is -0.359 e. The molecule has 3 aromatic rings. The van der Waals surface area contributed by atoms with Crippen molar-refractivity contribution in [1.29, 1.82) is 0 Å². The van der Waals surface area contributed by atoms with Crippen LogP contribution >= 0.6 is 0 Å². The SMILES string of the molecule is C=C(Nc1ccc2[nH]nc(-c3ccnc(C)c3)c2c1)C(C)(CC)CN(CC)CC(C)=O. The number of nitrogens with zero attached hydrogens (tertiary/aromatic N) is 3. The van der Waals surface area contributed by atoms with Gasteiger partial charge in [-0.2, -0.15) is 5.10 Å². The molecule has 0 bridgehead atoms. The maximum Gasteiger partial charge on any atom is 0.143 e. The number of ketones is 1. The van der Waals surface area contributed by atoms with E-state index in [4.69, 9.17) is 0 Å². The molecule has 6 nitrogen and oxygen atoms in total. The molecule has 0 aliphatic rings. The smallest absolute Gasteiger partial charge is 0.143 e. The average Bonchev–Trinajstić information content (AvgIpc) is 3.16. The van der Waals surface area contributed by atoms with Crippen LogP contribution in [0.2, 0.25) is 0 Å². The largest absolute Gasteiger partial charge is 0.359 e. The fraction of sp³-hybridized carbons (Fsp3) is 0.400. The van der Waals surface area contributed by atoms with E-state index in [0.717, 1.165) is 58.7 Å². The minimum atomic E-state index is -0.165. The summed E-state index contributed by atoms with van der Waals surface area (Å²) < 4.78 is 0. The highest BCUT2D eigenvalue weighted by molar-refractivity contribution is 5.95. The number of fused-ring (bicyclic) bond motifs is 1. The third-order valence-electron chi connectivity index (χ3n) is 6.00. The lowest BCUT2D eigenvalue weighted by Crippen LogP contribution is -2.40. The van der Waals surface area contributed by atoms with Gasteiger partial charge in [0.2, 0.25) is 0 Å². The Hall–Kier alpha value is -2.99. The number of likely N-dealkylation sites (N-methyl/N-ethyl adjacent to an activating group) is 1. The summed E-state index contributed by atoms with van der Waals surface area (Å²) in [7, 11) is 0. The maximum atomic E-state index is 11.6. The first kappa shape index (κ1) is 22.7. The monoisotopic (exact) mass is 419 g/mol. The molecule has 1 unspecified atom stereocenters. The number of hydrogen-bond donors (Lipinski definition) is 2. The van der Waals surface area contributed by atoms with Crippen LogP contribution in [0.15, 0.2) is 48.8 Å². The molecule has 0 saturated carbocycles. The molecule has 2 aromatic heterocycles. The number of aromatic amines is 1. The predicted octanol–water partition coefficient (Wildman–Crippen LogP) is 5.19. The minimum absolute atomic E-state index is 0.165. The van der Waals surface area contributed by atoms with Crippen LogP contribution in [0.25, 0.3) is 22.2 Å². The van der Waals surface area contributed by atoms with E-state index in [0.29, 0.717) is 6.54 Å². The number of hydrogen-bond acceptors (Lipinski definition) is 5. The lowest BCUT2D eigenvalue weighted by atomic mass is 9.83. The van der Waals surface area contributed by atoms with E-state index < -0.39 is 0 Å². The zero-order valence-corrected chi connectivity index (χ0v) is 19.2. The van der Waals surface area contributed by atoms with Gasteiger partial charge in [-0.1, -0.05) is 27.4 Å². The third-order valence-corrected chi connectivity index (χ3v) is 6.00. The first-order chi connectivity index (χ1) is 14.8. The van der Waals surface area contributed by atoms with Gasteiger partial charge in [0.15, 0.2) is 0 Å². The Labute approximate surface area is 184 Å². The number of benzene rings is 1. The van der Waals surface area contributed by atoms with E-state index in [-0.39, 0.29) is 11.2 Å². The molecule has 0 amide bonds. The van der Waals surface area contributed by atoms with Gasteiger partial charge >= 0.3 is 0 Å². The number of anilines is 1. The molecule has 2 heterocycles. The number of H-pyrrole nitrogens is 1. The molecule has 31 heavy (non-hydrogen) atoms. The van der Waals surface area contributed by atoms with Gasteiger partial charge in [0.1, 0.15) is 11.5 Å². The van der Waals surface area contributed by atoms with Crippen molar-refractivity contribution < 1.29 is 4.79 Å². The van der Waals surface area contributed by atoms with E-state index in [1.807, 2.05) is 37.4 Å². The molecule has 0 radical (unpaired) electrons. The molecule has 0 spiro atoms. The Morgan fingerprint density at radius 2 is 2.03 bits per heavy atom. The number of nitrogens with one attached hydrogen (secondary N) is 2. The van der Waals surface area contributed by atoms with Gasteiger partial charge in [0.05, 0.1) is 12.1 Å². The van der Waals surface area contributed by atoms with E-state index in [9.17, 15) is 4.79 Å². The van der Waals surface area contributed by atoms with Crippen LogP contribution in [0.3, 0.4) is 0 Å². The molecule has 1 aromatic carbocycles. The Morgan fingerprint density at radius 3 is 2.68 bits per heavy atom. The van der Waals surface area contributed by atoms with Gasteiger partial charge < -0.3 is 5.32 Å². The van der Waals surface area contributed by atoms with Crippen molar-refractivity contribution in [3.63, 3.8) is 0 Å². The lowest BCUT2D eigenvalue weighted by molar-refractivity contribution is -0.118. The fourth-order valence-corrected chi connectivity index (χ4v) is 3.84. The average molecular weight is 420 g/mol. The Bertz CT molecular complexity index is 1090. The standard InChI is InChI=1S/C25H33N5O/c1-7-25(6,16-30(8-2)15-18(4)31)19(5)27-21-9-10-23-22(14-21)24(29-28-23)20-11-12-26-17(3)13-20/h9-14,27H,5,7-8,15-16H2,1-4,6H3,(H,28,29). The van der Waals surface area contributed by atoms with Crippen molar-refractivity contribution in [2.24, 2.45) is 5.41 Å². The van der Waals surface area contributed by atoms with Crippen LogP contribution in [0.5, 0.6) is 0 Å². The number of aryl methyl sites for hydroxylation is 1. The second kappa shape index (κ2) is 9.43. The summed E-state index contributed by atoms with van der Waals surface area (Å²) in [5, 5.41) is 12.2. The topological polar surface area (TPSA) is 73.9 Å². The number of Topliss-reactive ketones (excluding diaryl/α,β-unsaturated/α-hetero) is 1. The van der Waals surface area contributed by atoms with Gasteiger partial charge in [-0.25, -0.2) is 0 Å². The lowest BCUT2D eigenvalue weighted by Gasteiger charge is -2.36. The predicted molar refractivity (Wildman–Crippen MR) is 128 cm³/mol. The molecule has 1 atom stereocenters. The zero-order chi connectivity index (χ0) is 22.6. The molecule has 164 valence electrons. The first-order valence-corrected chi connectivity index (χ1v) is 10.8. The second-order valence-electron chi connectivity index (χ2n) is 8.54. The fourth-order valence-electron chi connectivity index (χ4n) is 3.84. The number of aromatic nitrogens is 3. The van der Waals surface area contributed by atoms with Crippen LogP contribution < -0.4 is 5.32 Å². The summed E-state index contributed by atoms with van der Waals surface area (Å²) in [6, 6.07) is 10.2. The maximum absolute atomic E-state index is 11.6. The number of carbonyl (C=O) groups is 1. The molecule has 2 N–H and O–H groups in total. The van der Waals surface area contributed by atoms with E-state index in [1.165, 1.54) is 0 Å². The first-order valence-electron chi connectivity index (χ1n) is 10.8. The van der Waals surface area contributed by atoms with Crippen LogP contribution in [0.4, 0.5) is 5.69 Å². The van der Waals surface area contributed by atoms with Crippen LogP contribution in [-0.4, -0.2) is 45.5 Å². The number of carbonyl (C=O) groups excluding carboxylic acids is 1. The number of rotatable bonds is 10. The summed E-state index contributed by atoms with van der Waals surface area (Å²) in [4.78, 5) is 18.1. The molecule has 0 saturated heterocycles. The van der Waals surface area contributed by atoms with E-state index in [1.54, 1.807) is 6.92 Å². The van der Waals surface area contributed by atoms with E-state index >= 15 is 0 Å². The van der Waals surface area contributed by atoms with Crippen molar-refractivity contribution in [3.05, 3.63) is 54.5 Å². The third kappa shape index (κ3) is 5.20. The Morgan fingerprint density at radius 1 is 1.26 bits per heavy atom. The highest BCUT2D eigenvalue weighted by Crippen LogP contribution is 2.34. The molecule has 0 fully saturated rings. The van der Waals surface area contributed by atoms with Crippen molar-refractivity contribution in [3.8, 4) is 11.3 Å². The van der Waals surface area contributed by atoms with Gasteiger partial charge in [-0.05, 0) is 57.1 Å². The quantitative estimate of drug-likeness (QED) is 0.473. The summed E-state index contributed by atoms with van der Waals surface area (Å²) in [5.41, 5.74) is 5.64. The van der Waals surface area contributed by atoms with Gasteiger partial charge in [0, 0.05) is 46.2 Å².